The van der Waals surface area contributed by atoms with Gasteiger partial charge in [-0.1, -0.05) is 127 Å². The van der Waals surface area contributed by atoms with E-state index in [1.165, 1.54) is 0 Å². The molecule has 0 saturated carbocycles. The van der Waals surface area contributed by atoms with Gasteiger partial charge in [-0.05, 0) is 145 Å². The largest absolute Gasteiger partial charge is 0.459 e. The first-order valence-corrected chi connectivity index (χ1v) is 26.0. The smallest absolute Gasteiger partial charge is 0.261 e. The van der Waals surface area contributed by atoms with Crippen LogP contribution in [-0.4, -0.2) is 20.1 Å². The standard InChI is InChI=1S/C66H37B3N2O5/c1-3-16-42(17-4-1)70-50-24-13-25-51-60(50)69(61-52(70)36-58-63-65(61)75-55-27-10-8-23-47(55)67(63)46-22-7-9-26-54(46)73-58)62-53(71(51)43-18-5-2-6-19-43)37-59-64-66(62)76-57-31-29-41-35-49(57)68(64)48-34-40(28-30-56(48)74-59)38-14-11-20-44(32-38)72-45-21-12-15-39(41)33-45/h1-37H. The molecule has 0 aliphatic carbocycles. The molecule has 0 amide bonds. The quantitative estimate of drug-likeness (QED) is 0.160. The summed E-state index contributed by atoms with van der Waals surface area (Å²) in [6, 6.07) is 79.7. The van der Waals surface area contributed by atoms with E-state index in [4.69, 9.17) is 23.7 Å². The van der Waals surface area contributed by atoms with Crippen LogP contribution in [-0.2, 0) is 0 Å². The highest BCUT2D eigenvalue weighted by molar-refractivity contribution is 7.05. The molecule has 0 radical (unpaired) electrons. The maximum absolute atomic E-state index is 7.71. The number of nitrogens with zero attached hydrogens (tertiary/aromatic N) is 2. The van der Waals surface area contributed by atoms with Crippen molar-refractivity contribution in [1.29, 1.82) is 0 Å². The van der Waals surface area contributed by atoms with Crippen molar-refractivity contribution in [3.63, 3.8) is 0 Å². The SMILES string of the molecule is c1ccc(N2c3cccc4c3B(c3c2cc2c5c3Oc3ccccc3B5c3ccccc3O2)c2c(cc3c5c2Oc2ccc6cc2B5c2cc(ccc2O3)-c2cccc(c2)Oc2cccc-6c2)N4c2ccccc2)cc1. The third-order valence-electron chi connectivity index (χ3n) is 16.6. The molecule has 0 N–H and O–H groups in total. The van der Waals surface area contributed by atoms with Gasteiger partial charge in [-0.2, -0.15) is 0 Å². The summed E-state index contributed by atoms with van der Waals surface area (Å²) in [5.41, 5.74) is 20.0. The Bertz CT molecular complexity index is 4310. The minimum absolute atomic E-state index is 0.133. The van der Waals surface area contributed by atoms with E-state index < -0.39 is 6.71 Å². The highest BCUT2D eigenvalue weighted by atomic mass is 16.5. The van der Waals surface area contributed by atoms with Crippen molar-refractivity contribution in [3.8, 4) is 79.7 Å². The molecule has 0 fully saturated rings. The first kappa shape index (κ1) is 40.7. The zero-order valence-electron chi connectivity index (χ0n) is 40.5. The lowest BCUT2D eigenvalue weighted by Crippen LogP contribution is -2.66. The van der Waals surface area contributed by atoms with Gasteiger partial charge in [0.05, 0.1) is 0 Å². The zero-order chi connectivity index (χ0) is 49.3. The lowest BCUT2D eigenvalue weighted by molar-refractivity contribution is 0.466. The van der Waals surface area contributed by atoms with Crippen molar-refractivity contribution >= 4 is 103 Å². The summed E-state index contributed by atoms with van der Waals surface area (Å²) in [4.78, 5) is 4.82. The second-order valence-electron chi connectivity index (χ2n) is 20.6. The van der Waals surface area contributed by atoms with Crippen molar-refractivity contribution in [2.75, 3.05) is 9.80 Å². The summed E-state index contributed by atoms with van der Waals surface area (Å²) in [5, 5.41) is 0. The normalized spacial score (nSPS) is 14.2. The Kier molecular flexibility index (Phi) is 7.99. The van der Waals surface area contributed by atoms with Crippen LogP contribution in [0.15, 0.2) is 224 Å². The summed E-state index contributed by atoms with van der Waals surface area (Å²) in [6.07, 6.45) is 0. The molecule has 0 aromatic heterocycles. The number of para-hydroxylation sites is 4. The Morgan fingerprint density at radius 1 is 0.250 bits per heavy atom. The molecule has 10 heteroatoms. The summed E-state index contributed by atoms with van der Waals surface area (Å²) < 4.78 is 36.1. The minimum atomic E-state index is -0.391. The van der Waals surface area contributed by atoms with E-state index in [0.717, 1.165) is 163 Å². The van der Waals surface area contributed by atoms with E-state index in [2.05, 4.69) is 222 Å². The van der Waals surface area contributed by atoms with E-state index in [-0.39, 0.29) is 13.4 Å². The van der Waals surface area contributed by atoms with Gasteiger partial charge in [0.15, 0.2) is 0 Å². The number of rotatable bonds is 2. The van der Waals surface area contributed by atoms with E-state index in [9.17, 15) is 0 Å². The first-order chi connectivity index (χ1) is 37.7. The molecule has 7 aliphatic rings. The predicted octanol–water partition coefficient (Wildman–Crippen LogP) is 10.7. The van der Waals surface area contributed by atoms with Gasteiger partial charge in [0.25, 0.3) is 20.1 Å². The van der Waals surface area contributed by atoms with Crippen molar-refractivity contribution in [3.05, 3.63) is 224 Å². The molecule has 8 bridgehead atoms. The Labute approximate surface area is 439 Å². The molecule has 0 atom stereocenters. The van der Waals surface area contributed by atoms with Gasteiger partial charge in [-0.15, -0.1) is 0 Å². The number of anilines is 6. The molecule has 76 heavy (non-hydrogen) atoms. The second kappa shape index (κ2) is 14.9. The zero-order valence-corrected chi connectivity index (χ0v) is 40.5. The fraction of sp³-hybridized carbons (Fsp3) is 0. The molecule has 11 aromatic carbocycles. The van der Waals surface area contributed by atoms with Gasteiger partial charge < -0.3 is 33.5 Å². The first-order valence-electron chi connectivity index (χ1n) is 26.0. The van der Waals surface area contributed by atoms with E-state index in [1.807, 2.05) is 12.1 Å². The molecule has 0 unspecified atom stereocenters. The number of fused-ring (bicyclic) bond motifs is 18. The topological polar surface area (TPSA) is 52.6 Å². The van der Waals surface area contributed by atoms with Crippen molar-refractivity contribution < 1.29 is 23.7 Å². The molecule has 18 rings (SSSR count). The van der Waals surface area contributed by atoms with Gasteiger partial charge in [0.2, 0.25) is 0 Å². The van der Waals surface area contributed by atoms with E-state index in [1.54, 1.807) is 0 Å². The van der Waals surface area contributed by atoms with Gasteiger partial charge in [0, 0.05) is 57.2 Å². The Morgan fingerprint density at radius 2 is 0.684 bits per heavy atom. The van der Waals surface area contributed by atoms with Crippen LogP contribution in [0, 0.1) is 0 Å². The monoisotopic (exact) mass is 970 g/mol. The fourth-order valence-corrected chi connectivity index (χ4v) is 13.5. The highest BCUT2D eigenvalue weighted by Crippen LogP contribution is 2.50. The van der Waals surface area contributed by atoms with Crippen LogP contribution in [0.3, 0.4) is 0 Å². The Morgan fingerprint density at radius 3 is 1.22 bits per heavy atom. The van der Waals surface area contributed by atoms with Crippen molar-refractivity contribution in [2.24, 2.45) is 0 Å². The molecule has 7 nitrogen and oxygen atoms in total. The molecular formula is C66H37B3N2O5. The van der Waals surface area contributed by atoms with Gasteiger partial charge in [0.1, 0.15) is 57.5 Å². The molecule has 350 valence electrons. The number of benzene rings is 11. The third kappa shape index (κ3) is 5.49. The maximum atomic E-state index is 7.71. The third-order valence-corrected chi connectivity index (χ3v) is 16.6. The highest BCUT2D eigenvalue weighted by Gasteiger charge is 2.53. The lowest BCUT2D eigenvalue weighted by Gasteiger charge is -2.47. The number of ether oxygens (including phenoxy) is 5. The molecule has 7 aliphatic heterocycles. The van der Waals surface area contributed by atoms with Crippen molar-refractivity contribution in [2.45, 2.75) is 0 Å². The molecule has 0 spiro atoms. The van der Waals surface area contributed by atoms with Crippen LogP contribution < -0.4 is 82.6 Å². The lowest BCUT2D eigenvalue weighted by atomic mass is 9.28. The molecule has 11 aromatic rings. The number of hydrogen-bond donors (Lipinski definition) is 0. The van der Waals surface area contributed by atoms with Gasteiger partial charge in [-0.3, -0.25) is 0 Å². The molecule has 7 heterocycles. The van der Waals surface area contributed by atoms with Crippen LogP contribution in [0.5, 0.6) is 57.5 Å². The predicted molar refractivity (Wildman–Crippen MR) is 307 cm³/mol. The van der Waals surface area contributed by atoms with E-state index >= 15 is 0 Å². The number of hydrogen-bond acceptors (Lipinski definition) is 7. The summed E-state index contributed by atoms with van der Waals surface area (Å²) in [7, 11) is 0. The second-order valence-corrected chi connectivity index (χ2v) is 20.6. The van der Waals surface area contributed by atoms with Crippen LogP contribution in [0.4, 0.5) is 34.1 Å². The van der Waals surface area contributed by atoms with Crippen LogP contribution in [0.25, 0.3) is 22.3 Å². The van der Waals surface area contributed by atoms with Gasteiger partial charge >= 0.3 is 0 Å². The van der Waals surface area contributed by atoms with E-state index in [0.29, 0.717) is 0 Å². The average molecular weight is 970 g/mol. The van der Waals surface area contributed by atoms with Gasteiger partial charge in [-0.25, -0.2) is 0 Å². The van der Waals surface area contributed by atoms with Crippen molar-refractivity contribution in [1.82, 2.24) is 0 Å². The summed E-state index contributed by atoms with van der Waals surface area (Å²) >= 11 is 0. The maximum Gasteiger partial charge on any atom is 0.261 e. The Balaban J connectivity index is 0.968. The fourth-order valence-electron chi connectivity index (χ4n) is 13.5. The van der Waals surface area contributed by atoms with Crippen LogP contribution in [0.2, 0.25) is 0 Å². The average Bonchev–Trinajstić information content (AvgIpc) is 3.28. The summed E-state index contributed by atoms with van der Waals surface area (Å²) in [6.45, 7) is -0.775. The van der Waals surface area contributed by atoms with Crippen LogP contribution >= 0.6 is 0 Å². The molecule has 0 saturated heterocycles. The Hall–Kier alpha value is -9.79. The minimum Gasteiger partial charge on any atom is -0.459 e. The summed E-state index contributed by atoms with van der Waals surface area (Å²) in [5.74, 6) is 7.98. The van der Waals surface area contributed by atoms with Crippen LogP contribution in [0.1, 0.15) is 0 Å². The molecular weight excluding hydrogens is 933 g/mol.